The van der Waals surface area contributed by atoms with Crippen molar-refractivity contribution in [3.63, 3.8) is 0 Å². The number of nitrogens with zero attached hydrogens (tertiary/aromatic N) is 1. The molecule has 9 aromatic carbocycles. The van der Waals surface area contributed by atoms with Gasteiger partial charge in [-0.15, -0.1) is 11.3 Å². The van der Waals surface area contributed by atoms with Crippen LogP contribution in [0.3, 0.4) is 0 Å². The predicted octanol–water partition coefficient (Wildman–Crippen LogP) is 15.6. The van der Waals surface area contributed by atoms with E-state index in [1.807, 2.05) is 23.5 Å². The van der Waals surface area contributed by atoms with Gasteiger partial charge in [-0.1, -0.05) is 133 Å². The van der Waals surface area contributed by atoms with E-state index in [0.29, 0.717) is 0 Å². The molecule has 0 saturated carbocycles. The lowest BCUT2D eigenvalue weighted by atomic mass is 10.00. The summed E-state index contributed by atoms with van der Waals surface area (Å²) >= 11 is 1.86. The zero-order valence-corrected chi connectivity index (χ0v) is 30.6. The van der Waals surface area contributed by atoms with E-state index in [-0.39, 0.29) is 0 Å². The molecule has 0 aliphatic rings. The van der Waals surface area contributed by atoms with E-state index in [9.17, 15) is 0 Å². The third-order valence-electron chi connectivity index (χ3n) is 10.9. The van der Waals surface area contributed by atoms with E-state index in [0.717, 1.165) is 50.1 Å². The van der Waals surface area contributed by atoms with Crippen molar-refractivity contribution in [3.8, 4) is 33.4 Å². The van der Waals surface area contributed by atoms with Gasteiger partial charge in [-0.3, -0.25) is 0 Å². The molecule has 2 aromatic heterocycles. The fourth-order valence-corrected chi connectivity index (χ4v) is 9.19. The molecule has 0 amide bonds. The average molecular weight is 720 g/mol. The summed E-state index contributed by atoms with van der Waals surface area (Å²) < 4.78 is 9.06. The number of benzene rings is 9. The third kappa shape index (κ3) is 5.48. The molecule has 2 heterocycles. The van der Waals surface area contributed by atoms with E-state index in [1.54, 1.807) is 0 Å². The average Bonchev–Trinajstić information content (AvgIpc) is 3.83. The molecule has 0 fully saturated rings. The van der Waals surface area contributed by atoms with Crippen molar-refractivity contribution in [2.75, 3.05) is 4.90 Å². The van der Waals surface area contributed by atoms with Crippen LogP contribution in [0.15, 0.2) is 205 Å². The second-order valence-corrected chi connectivity index (χ2v) is 15.2. The molecule has 0 radical (unpaired) electrons. The second-order valence-electron chi connectivity index (χ2n) is 14.1. The molecular weight excluding hydrogens is 687 g/mol. The predicted molar refractivity (Wildman–Crippen MR) is 235 cm³/mol. The number of hydrogen-bond acceptors (Lipinski definition) is 3. The van der Waals surface area contributed by atoms with Crippen LogP contribution in [0, 0.1) is 0 Å². The molecule has 0 spiro atoms. The Hall–Kier alpha value is -6.94. The van der Waals surface area contributed by atoms with Gasteiger partial charge in [0.05, 0.1) is 0 Å². The molecule has 0 aliphatic carbocycles. The third-order valence-corrected chi connectivity index (χ3v) is 12.0. The lowest BCUT2D eigenvalue weighted by Gasteiger charge is -2.26. The summed E-state index contributed by atoms with van der Waals surface area (Å²) in [4.78, 5) is 2.36. The highest BCUT2D eigenvalue weighted by Crippen LogP contribution is 2.41. The van der Waals surface area contributed by atoms with Gasteiger partial charge in [-0.25, -0.2) is 0 Å². The first-order valence-corrected chi connectivity index (χ1v) is 19.5. The maximum atomic E-state index is 6.41. The number of para-hydroxylation sites is 2. The molecular formula is C52H33NOS. The highest BCUT2D eigenvalue weighted by molar-refractivity contribution is 7.25. The van der Waals surface area contributed by atoms with Crippen molar-refractivity contribution < 1.29 is 4.42 Å². The van der Waals surface area contributed by atoms with Crippen LogP contribution in [0.2, 0.25) is 0 Å². The van der Waals surface area contributed by atoms with Gasteiger partial charge in [-0.05, 0) is 105 Å². The highest BCUT2D eigenvalue weighted by Gasteiger charge is 2.17. The number of thiophene rings is 1. The summed E-state index contributed by atoms with van der Waals surface area (Å²) in [5.41, 5.74) is 12.2. The quantitative estimate of drug-likeness (QED) is 0.170. The molecule has 258 valence electrons. The Labute approximate surface area is 322 Å². The Morgan fingerprint density at radius 2 is 0.927 bits per heavy atom. The SMILES string of the molecule is c1ccc(-c2ccc3cc(N(c4ccc(-c5ccc6sc7ccccc7c6c5)cc4)c4ccc(-c5cccc6c5oc5ccccc56)cc4)ccc3c2)cc1. The molecule has 0 bridgehead atoms. The van der Waals surface area contributed by atoms with Gasteiger partial charge in [0.15, 0.2) is 0 Å². The zero-order valence-electron chi connectivity index (χ0n) is 29.8. The summed E-state index contributed by atoms with van der Waals surface area (Å²) in [6, 6.07) is 72.2. The van der Waals surface area contributed by atoms with Crippen LogP contribution in [0.5, 0.6) is 0 Å². The lowest BCUT2D eigenvalue weighted by molar-refractivity contribution is 0.670. The van der Waals surface area contributed by atoms with Crippen molar-refractivity contribution in [3.05, 3.63) is 200 Å². The van der Waals surface area contributed by atoms with Gasteiger partial charge in [0.2, 0.25) is 0 Å². The van der Waals surface area contributed by atoms with Gasteiger partial charge >= 0.3 is 0 Å². The lowest BCUT2D eigenvalue weighted by Crippen LogP contribution is -2.09. The highest BCUT2D eigenvalue weighted by atomic mass is 32.1. The summed E-state index contributed by atoms with van der Waals surface area (Å²) in [5, 5.41) is 7.32. The smallest absolute Gasteiger partial charge is 0.143 e. The normalized spacial score (nSPS) is 11.6. The monoisotopic (exact) mass is 719 g/mol. The molecule has 0 atom stereocenters. The Bertz CT molecular complexity index is 3190. The molecule has 2 nitrogen and oxygen atoms in total. The molecule has 11 rings (SSSR count). The van der Waals surface area contributed by atoms with Crippen LogP contribution >= 0.6 is 11.3 Å². The van der Waals surface area contributed by atoms with Crippen molar-refractivity contribution in [1.29, 1.82) is 0 Å². The van der Waals surface area contributed by atoms with Crippen LogP contribution < -0.4 is 4.90 Å². The number of hydrogen-bond donors (Lipinski definition) is 0. The van der Waals surface area contributed by atoms with E-state index >= 15 is 0 Å². The fraction of sp³-hybridized carbons (Fsp3) is 0. The summed E-state index contributed by atoms with van der Waals surface area (Å²) in [7, 11) is 0. The first-order valence-electron chi connectivity index (χ1n) is 18.7. The molecule has 0 aliphatic heterocycles. The van der Waals surface area contributed by atoms with Crippen molar-refractivity contribution in [2.45, 2.75) is 0 Å². The number of anilines is 3. The van der Waals surface area contributed by atoms with Crippen molar-refractivity contribution in [1.82, 2.24) is 0 Å². The van der Waals surface area contributed by atoms with E-state index < -0.39 is 0 Å². The summed E-state index contributed by atoms with van der Waals surface area (Å²) in [5.74, 6) is 0. The first kappa shape index (κ1) is 31.6. The Balaban J connectivity index is 1.00. The van der Waals surface area contributed by atoms with E-state index in [2.05, 4.69) is 193 Å². The molecule has 0 N–H and O–H groups in total. The molecule has 3 heteroatoms. The number of furan rings is 1. The number of fused-ring (bicyclic) bond motifs is 7. The van der Waals surface area contributed by atoms with Crippen LogP contribution in [0.4, 0.5) is 17.1 Å². The minimum Gasteiger partial charge on any atom is -0.455 e. The molecule has 11 aromatic rings. The maximum Gasteiger partial charge on any atom is 0.143 e. The van der Waals surface area contributed by atoms with Gasteiger partial charge in [-0.2, -0.15) is 0 Å². The molecule has 55 heavy (non-hydrogen) atoms. The molecule has 0 saturated heterocycles. The fourth-order valence-electron chi connectivity index (χ4n) is 8.10. The largest absolute Gasteiger partial charge is 0.455 e. The Morgan fingerprint density at radius 1 is 0.345 bits per heavy atom. The van der Waals surface area contributed by atoms with Crippen LogP contribution in [-0.2, 0) is 0 Å². The van der Waals surface area contributed by atoms with Crippen LogP contribution in [0.1, 0.15) is 0 Å². The van der Waals surface area contributed by atoms with Crippen molar-refractivity contribution >= 4 is 81.3 Å². The summed E-state index contributed by atoms with van der Waals surface area (Å²) in [6.45, 7) is 0. The van der Waals surface area contributed by atoms with Crippen LogP contribution in [-0.4, -0.2) is 0 Å². The maximum absolute atomic E-state index is 6.41. The van der Waals surface area contributed by atoms with E-state index in [1.165, 1.54) is 53.2 Å². The first-order chi connectivity index (χ1) is 27.2. The van der Waals surface area contributed by atoms with Gasteiger partial charge in [0.1, 0.15) is 11.2 Å². The van der Waals surface area contributed by atoms with Gasteiger partial charge < -0.3 is 9.32 Å². The minimum atomic E-state index is 0.909. The number of rotatable bonds is 6. The van der Waals surface area contributed by atoms with Crippen molar-refractivity contribution in [2.24, 2.45) is 0 Å². The topological polar surface area (TPSA) is 16.4 Å². The zero-order chi connectivity index (χ0) is 36.3. The van der Waals surface area contributed by atoms with E-state index in [4.69, 9.17) is 4.42 Å². The van der Waals surface area contributed by atoms with Gasteiger partial charge in [0, 0.05) is 53.6 Å². The molecule has 0 unspecified atom stereocenters. The Kier molecular flexibility index (Phi) is 7.39. The Morgan fingerprint density at radius 3 is 1.76 bits per heavy atom. The van der Waals surface area contributed by atoms with Crippen LogP contribution in [0.25, 0.3) is 86.3 Å². The van der Waals surface area contributed by atoms with Gasteiger partial charge in [0.25, 0.3) is 0 Å². The summed E-state index contributed by atoms with van der Waals surface area (Å²) in [6.07, 6.45) is 0. The second kappa shape index (κ2) is 12.9. The minimum absolute atomic E-state index is 0.909. The standard InChI is InChI=1S/C52H33NOS/c1-2-9-34(10-3-1)37-17-18-39-32-43(29-23-38(39)31-37)53(41-25-19-35(20-26-41)40-24-30-51-48(33-40)46-12-5-7-16-50(46)55-51)42-27-21-36(22-28-42)44-13-8-14-47-45-11-4-6-15-49(45)54-52(44)47/h1-33H.